The van der Waals surface area contributed by atoms with Crippen LogP contribution < -0.4 is 4.74 Å². The fourth-order valence-corrected chi connectivity index (χ4v) is 1.93. The maximum absolute atomic E-state index is 9.85. The van der Waals surface area contributed by atoms with Gasteiger partial charge in [0.1, 0.15) is 11.5 Å². The fourth-order valence-electron chi connectivity index (χ4n) is 1.93. The van der Waals surface area contributed by atoms with Gasteiger partial charge in [0.15, 0.2) is 0 Å². The molecule has 0 heterocycles. The summed E-state index contributed by atoms with van der Waals surface area (Å²) >= 11 is 0. The van der Waals surface area contributed by atoms with Gasteiger partial charge >= 0.3 is 0 Å². The average Bonchev–Trinajstić information content (AvgIpc) is 2.39. The second-order valence-electron chi connectivity index (χ2n) is 4.36. The molecule has 0 saturated carbocycles. The van der Waals surface area contributed by atoms with Crippen molar-refractivity contribution in [3.05, 3.63) is 59.7 Å². The predicted molar refractivity (Wildman–Crippen MR) is 72.9 cm³/mol. The lowest BCUT2D eigenvalue weighted by Gasteiger charge is -2.13. The third kappa shape index (κ3) is 2.90. The van der Waals surface area contributed by atoms with E-state index in [9.17, 15) is 5.11 Å². The number of hydrogen-bond donors (Lipinski definition) is 1. The number of benzene rings is 2. The van der Waals surface area contributed by atoms with Gasteiger partial charge in [-0.2, -0.15) is 0 Å². The number of rotatable bonds is 4. The number of aliphatic hydroxyl groups excluding tert-OH is 1. The minimum Gasteiger partial charge on any atom is -0.457 e. The molecule has 2 aromatic carbocycles. The van der Waals surface area contributed by atoms with Gasteiger partial charge in [-0.3, -0.25) is 0 Å². The van der Waals surface area contributed by atoms with E-state index in [1.165, 1.54) is 0 Å². The summed E-state index contributed by atoms with van der Waals surface area (Å²) < 4.78 is 5.75. The summed E-state index contributed by atoms with van der Waals surface area (Å²) in [6.45, 7) is 3.96. The Hall–Kier alpha value is -1.80. The van der Waals surface area contributed by atoms with Gasteiger partial charge in [0, 0.05) is 0 Å². The van der Waals surface area contributed by atoms with Gasteiger partial charge in [0.25, 0.3) is 0 Å². The summed E-state index contributed by atoms with van der Waals surface area (Å²) in [7, 11) is 0. The third-order valence-electron chi connectivity index (χ3n) is 2.97. The molecule has 0 aliphatic heterocycles. The quantitative estimate of drug-likeness (QED) is 0.869. The molecule has 94 valence electrons. The van der Waals surface area contributed by atoms with E-state index in [2.05, 4.69) is 0 Å². The Morgan fingerprint density at radius 3 is 2.39 bits per heavy atom. The number of hydrogen-bond acceptors (Lipinski definition) is 2. The molecule has 0 aliphatic rings. The highest BCUT2D eigenvalue weighted by Crippen LogP contribution is 2.27. The molecule has 0 saturated heterocycles. The summed E-state index contributed by atoms with van der Waals surface area (Å²) in [5, 5.41) is 9.85. The molecular formula is C16H18O2. The summed E-state index contributed by atoms with van der Waals surface area (Å²) in [5.74, 6) is 1.62. The molecule has 0 fully saturated rings. The molecule has 1 N–H and O–H groups in total. The van der Waals surface area contributed by atoms with Gasteiger partial charge in [-0.15, -0.1) is 0 Å². The standard InChI is InChI=1S/C16H18O2/c1-3-16(17)15-10-9-14(11-12(15)2)18-13-7-5-4-6-8-13/h4-11,16-17H,3H2,1-2H3. The maximum atomic E-state index is 9.85. The van der Waals surface area contributed by atoms with E-state index in [1.54, 1.807) is 0 Å². The zero-order valence-corrected chi connectivity index (χ0v) is 10.8. The van der Waals surface area contributed by atoms with Crippen LogP contribution >= 0.6 is 0 Å². The molecule has 0 radical (unpaired) electrons. The SMILES string of the molecule is CCC(O)c1ccc(Oc2ccccc2)cc1C. The monoisotopic (exact) mass is 242 g/mol. The average molecular weight is 242 g/mol. The Morgan fingerprint density at radius 2 is 1.78 bits per heavy atom. The molecule has 0 bridgehead atoms. The van der Waals surface area contributed by atoms with Crippen molar-refractivity contribution in [1.29, 1.82) is 0 Å². The number of aliphatic hydroxyl groups is 1. The minimum absolute atomic E-state index is 0.393. The predicted octanol–water partition coefficient (Wildman–Crippen LogP) is 4.23. The second kappa shape index (κ2) is 5.69. The lowest BCUT2D eigenvalue weighted by atomic mass is 10.0. The normalized spacial score (nSPS) is 12.2. The van der Waals surface area contributed by atoms with Crippen LogP contribution in [0.25, 0.3) is 0 Å². The number of ether oxygens (including phenoxy) is 1. The first kappa shape index (κ1) is 12.7. The van der Waals surface area contributed by atoms with Gasteiger partial charge < -0.3 is 9.84 Å². The highest BCUT2D eigenvalue weighted by molar-refractivity contribution is 5.38. The molecule has 2 aromatic rings. The smallest absolute Gasteiger partial charge is 0.127 e. The van der Waals surface area contributed by atoms with Crippen molar-refractivity contribution in [3.8, 4) is 11.5 Å². The van der Waals surface area contributed by atoms with E-state index in [4.69, 9.17) is 4.74 Å². The highest BCUT2D eigenvalue weighted by Gasteiger charge is 2.09. The summed E-state index contributed by atoms with van der Waals surface area (Å²) in [6.07, 6.45) is 0.329. The van der Waals surface area contributed by atoms with Crippen molar-refractivity contribution in [1.82, 2.24) is 0 Å². The first-order valence-electron chi connectivity index (χ1n) is 6.22. The van der Waals surface area contributed by atoms with E-state index in [1.807, 2.05) is 62.4 Å². The van der Waals surface area contributed by atoms with Crippen molar-refractivity contribution in [2.24, 2.45) is 0 Å². The molecular weight excluding hydrogens is 224 g/mol. The van der Waals surface area contributed by atoms with E-state index >= 15 is 0 Å². The Morgan fingerprint density at radius 1 is 1.06 bits per heavy atom. The van der Waals surface area contributed by atoms with Crippen molar-refractivity contribution in [3.63, 3.8) is 0 Å². The number of aryl methyl sites for hydroxylation is 1. The Balaban J connectivity index is 2.19. The minimum atomic E-state index is -0.393. The van der Waals surface area contributed by atoms with Crippen molar-refractivity contribution in [2.45, 2.75) is 26.4 Å². The topological polar surface area (TPSA) is 29.5 Å². The van der Waals surface area contributed by atoms with Gasteiger partial charge in [0.2, 0.25) is 0 Å². The molecule has 0 aromatic heterocycles. The molecule has 2 nitrogen and oxygen atoms in total. The van der Waals surface area contributed by atoms with Crippen LogP contribution in [0.1, 0.15) is 30.6 Å². The van der Waals surface area contributed by atoms with E-state index in [0.29, 0.717) is 0 Å². The zero-order chi connectivity index (χ0) is 13.0. The largest absolute Gasteiger partial charge is 0.457 e. The van der Waals surface area contributed by atoms with E-state index < -0.39 is 6.10 Å². The second-order valence-corrected chi connectivity index (χ2v) is 4.36. The van der Waals surface area contributed by atoms with Crippen LogP contribution in [0.4, 0.5) is 0 Å². The van der Waals surface area contributed by atoms with E-state index in [-0.39, 0.29) is 0 Å². The fraction of sp³-hybridized carbons (Fsp3) is 0.250. The lowest BCUT2D eigenvalue weighted by Crippen LogP contribution is -1.98. The van der Waals surface area contributed by atoms with Gasteiger partial charge in [0.05, 0.1) is 6.10 Å². The van der Waals surface area contributed by atoms with Crippen LogP contribution in [0, 0.1) is 6.92 Å². The highest BCUT2D eigenvalue weighted by atomic mass is 16.5. The summed E-state index contributed by atoms with van der Waals surface area (Å²) in [5.41, 5.74) is 2.02. The molecule has 18 heavy (non-hydrogen) atoms. The van der Waals surface area contributed by atoms with Crippen LogP contribution in [0.15, 0.2) is 48.5 Å². The van der Waals surface area contributed by atoms with Crippen molar-refractivity contribution in [2.75, 3.05) is 0 Å². The summed E-state index contributed by atoms with van der Waals surface area (Å²) in [4.78, 5) is 0. The van der Waals surface area contributed by atoms with Crippen LogP contribution in [0.3, 0.4) is 0 Å². The summed E-state index contributed by atoms with van der Waals surface area (Å²) in [6, 6.07) is 15.5. The van der Waals surface area contributed by atoms with Crippen molar-refractivity contribution >= 4 is 0 Å². The van der Waals surface area contributed by atoms with Gasteiger partial charge in [-0.1, -0.05) is 31.2 Å². The molecule has 0 aliphatic carbocycles. The Bertz CT molecular complexity index is 506. The van der Waals surface area contributed by atoms with Gasteiger partial charge in [-0.25, -0.2) is 0 Å². The van der Waals surface area contributed by atoms with Crippen LogP contribution in [-0.2, 0) is 0 Å². The lowest BCUT2D eigenvalue weighted by molar-refractivity contribution is 0.173. The Kier molecular flexibility index (Phi) is 4.00. The van der Waals surface area contributed by atoms with Crippen LogP contribution in [0.2, 0.25) is 0 Å². The molecule has 0 spiro atoms. The molecule has 0 amide bonds. The van der Waals surface area contributed by atoms with Crippen LogP contribution in [0.5, 0.6) is 11.5 Å². The van der Waals surface area contributed by atoms with Crippen LogP contribution in [-0.4, -0.2) is 5.11 Å². The van der Waals surface area contributed by atoms with E-state index in [0.717, 1.165) is 29.0 Å². The molecule has 2 rings (SSSR count). The Labute approximate surface area is 108 Å². The van der Waals surface area contributed by atoms with Gasteiger partial charge in [-0.05, 0) is 48.7 Å². The zero-order valence-electron chi connectivity index (χ0n) is 10.8. The first-order chi connectivity index (χ1) is 8.70. The van der Waals surface area contributed by atoms with Crippen molar-refractivity contribution < 1.29 is 9.84 Å². The molecule has 1 atom stereocenters. The first-order valence-corrected chi connectivity index (χ1v) is 6.22. The maximum Gasteiger partial charge on any atom is 0.127 e. The molecule has 2 heteroatoms. The molecule has 1 unspecified atom stereocenters. The number of para-hydroxylation sites is 1. The third-order valence-corrected chi connectivity index (χ3v) is 2.97.